The highest BCUT2D eigenvalue weighted by Crippen LogP contribution is 2.25. The number of ether oxygens (including phenoxy) is 1. The van der Waals surface area contributed by atoms with Crippen LogP contribution in [0.25, 0.3) is 0 Å². The minimum Gasteiger partial charge on any atom is -0.383 e. The first-order valence-corrected chi connectivity index (χ1v) is 10.5. The van der Waals surface area contributed by atoms with E-state index in [1.165, 1.54) is 0 Å². The molecule has 0 spiro atoms. The van der Waals surface area contributed by atoms with E-state index >= 15 is 0 Å². The van der Waals surface area contributed by atoms with Crippen molar-refractivity contribution in [1.82, 2.24) is 15.1 Å². The number of hydrogen-bond acceptors (Lipinski definition) is 5. The van der Waals surface area contributed by atoms with E-state index in [0.29, 0.717) is 19.2 Å². The van der Waals surface area contributed by atoms with Gasteiger partial charge in [0.2, 0.25) is 5.91 Å². The number of amides is 2. The van der Waals surface area contributed by atoms with Crippen LogP contribution < -0.4 is 5.32 Å². The van der Waals surface area contributed by atoms with Gasteiger partial charge in [0, 0.05) is 44.7 Å². The molecule has 26 heavy (non-hydrogen) atoms. The second kappa shape index (κ2) is 9.48. The zero-order valence-electron chi connectivity index (χ0n) is 15.5. The summed E-state index contributed by atoms with van der Waals surface area (Å²) in [6.45, 7) is 4.64. The number of likely N-dealkylation sites (tertiary alicyclic amines) is 2. The van der Waals surface area contributed by atoms with Crippen LogP contribution in [0.15, 0.2) is 16.8 Å². The molecule has 2 aliphatic heterocycles. The number of rotatable bonds is 6. The summed E-state index contributed by atoms with van der Waals surface area (Å²) < 4.78 is 5.00. The van der Waals surface area contributed by atoms with Crippen LogP contribution in [0.2, 0.25) is 0 Å². The average Bonchev–Trinajstić information content (AvgIpc) is 3.22. The fraction of sp³-hybridized carbons (Fsp3) is 0.684. The summed E-state index contributed by atoms with van der Waals surface area (Å²) in [5, 5.41) is 6.84. The first-order valence-electron chi connectivity index (χ1n) is 9.51. The van der Waals surface area contributed by atoms with Gasteiger partial charge in [-0.25, -0.2) is 0 Å². The Morgan fingerprint density at radius 1 is 1.27 bits per heavy atom. The smallest absolute Gasteiger partial charge is 0.254 e. The number of piperidine rings is 2. The summed E-state index contributed by atoms with van der Waals surface area (Å²) >= 11 is 1.56. The van der Waals surface area contributed by atoms with Crippen molar-refractivity contribution in [2.75, 3.05) is 46.4 Å². The van der Waals surface area contributed by atoms with Crippen LogP contribution in [-0.2, 0) is 9.53 Å². The summed E-state index contributed by atoms with van der Waals surface area (Å²) in [4.78, 5) is 29.2. The highest BCUT2D eigenvalue weighted by molar-refractivity contribution is 7.08. The van der Waals surface area contributed by atoms with Gasteiger partial charge in [-0.05, 0) is 43.7 Å². The minimum absolute atomic E-state index is 0.0751. The lowest BCUT2D eigenvalue weighted by Gasteiger charge is -2.42. The molecular formula is C19H29N3O3S. The molecule has 1 atom stereocenters. The van der Waals surface area contributed by atoms with Crippen LogP contribution in [0.5, 0.6) is 0 Å². The number of methoxy groups -OCH3 is 1. The van der Waals surface area contributed by atoms with Gasteiger partial charge in [-0.3, -0.25) is 14.5 Å². The summed E-state index contributed by atoms with van der Waals surface area (Å²) in [5.74, 6) is 0.377. The van der Waals surface area contributed by atoms with E-state index in [0.717, 1.165) is 57.4 Å². The average molecular weight is 380 g/mol. The molecule has 1 N–H and O–H groups in total. The van der Waals surface area contributed by atoms with E-state index < -0.39 is 0 Å². The Hall–Kier alpha value is -1.44. The third-order valence-electron chi connectivity index (χ3n) is 5.47. The number of carbonyl (C=O) groups excluding carboxylic acids is 2. The molecule has 0 aliphatic carbocycles. The lowest BCUT2D eigenvalue weighted by Crippen LogP contribution is -2.51. The third-order valence-corrected chi connectivity index (χ3v) is 6.15. The zero-order valence-corrected chi connectivity index (χ0v) is 16.3. The zero-order chi connectivity index (χ0) is 18.4. The molecule has 2 saturated heterocycles. The summed E-state index contributed by atoms with van der Waals surface area (Å²) in [6, 6.07) is 2.38. The number of hydrogen-bond donors (Lipinski definition) is 1. The molecule has 2 aliphatic rings. The van der Waals surface area contributed by atoms with Crippen molar-refractivity contribution in [2.24, 2.45) is 5.92 Å². The Labute approximate surface area is 159 Å². The van der Waals surface area contributed by atoms with Crippen molar-refractivity contribution >= 4 is 23.2 Å². The molecule has 0 aromatic carbocycles. The van der Waals surface area contributed by atoms with Crippen LogP contribution >= 0.6 is 11.3 Å². The first kappa shape index (κ1) is 19.3. The van der Waals surface area contributed by atoms with Crippen LogP contribution in [0.4, 0.5) is 0 Å². The van der Waals surface area contributed by atoms with Crippen molar-refractivity contribution in [3.8, 4) is 0 Å². The van der Waals surface area contributed by atoms with Crippen LogP contribution in [0.1, 0.15) is 36.0 Å². The molecule has 7 heteroatoms. The van der Waals surface area contributed by atoms with Gasteiger partial charge in [0.1, 0.15) is 0 Å². The maximum Gasteiger partial charge on any atom is 0.254 e. The summed E-state index contributed by atoms with van der Waals surface area (Å²) in [6.07, 6.45) is 4.02. The Morgan fingerprint density at radius 3 is 2.77 bits per heavy atom. The highest BCUT2D eigenvalue weighted by atomic mass is 32.1. The second-order valence-corrected chi connectivity index (χ2v) is 7.93. The van der Waals surface area contributed by atoms with Gasteiger partial charge in [0.05, 0.1) is 18.1 Å². The van der Waals surface area contributed by atoms with Gasteiger partial charge in [0.25, 0.3) is 5.91 Å². The molecule has 0 bridgehead atoms. The molecule has 2 amide bonds. The fourth-order valence-corrected chi connectivity index (χ4v) is 4.61. The van der Waals surface area contributed by atoms with Gasteiger partial charge < -0.3 is 15.0 Å². The van der Waals surface area contributed by atoms with E-state index in [9.17, 15) is 9.59 Å². The van der Waals surface area contributed by atoms with Crippen LogP contribution in [-0.4, -0.2) is 74.1 Å². The predicted molar refractivity (Wildman–Crippen MR) is 102 cm³/mol. The van der Waals surface area contributed by atoms with Gasteiger partial charge in [-0.15, -0.1) is 0 Å². The Bertz CT molecular complexity index is 585. The second-order valence-electron chi connectivity index (χ2n) is 7.15. The maximum absolute atomic E-state index is 12.5. The number of nitrogens with one attached hydrogen (secondary N) is 1. The van der Waals surface area contributed by atoms with Crippen molar-refractivity contribution < 1.29 is 14.3 Å². The van der Waals surface area contributed by atoms with Crippen LogP contribution in [0, 0.1) is 5.92 Å². The topological polar surface area (TPSA) is 61.9 Å². The lowest BCUT2D eigenvalue weighted by molar-refractivity contribution is -0.127. The maximum atomic E-state index is 12.5. The largest absolute Gasteiger partial charge is 0.383 e. The van der Waals surface area contributed by atoms with Gasteiger partial charge in [-0.1, -0.05) is 0 Å². The molecule has 1 aromatic heterocycles. The SMILES string of the molecule is COCCNC(=O)C1CCCN(C2CCN(C(=O)c3ccsc3)CC2)C1. The van der Waals surface area contributed by atoms with Crippen molar-refractivity contribution in [2.45, 2.75) is 31.7 Å². The molecule has 0 radical (unpaired) electrons. The molecule has 0 saturated carbocycles. The molecule has 2 fully saturated rings. The number of nitrogens with zero attached hydrogens (tertiary/aromatic N) is 2. The van der Waals surface area contributed by atoms with E-state index in [4.69, 9.17) is 4.74 Å². The van der Waals surface area contributed by atoms with Crippen molar-refractivity contribution in [3.63, 3.8) is 0 Å². The molecule has 6 nitrogen and oxygen atoms in total. The molecule has 144 valence electrons. The quantitative estimate of drug-likeness (QED) is 0.766. The van der Waals surface area contributed by atoms with Crippen LogP contribution in [0.3, 0.4) is 0 Å². The molecule has 3 rings (SSSR count). The number of thiophene rings is 1. The lowest BCUT2D eigenvalue weighted by atomic mass is 9.93. The summed E-state index contributed by atoms with van der Waals surface area (Å²) in [7, 11) is 1.64. The monoisotopic (exact) mass is 379 g/mol. The summed E-state index contributed by atoms with van der Waals surface area (Å²) in [5.41, 5.74) is 0.805. The Kier molecular flexibility index (Phi) is 7.05. The van der Waals surface area contributed by atoms with Crippen molar-refractivity contribution in [3.05, 3.63) is 22.4 Å². The van der Waals surface area contributed by atoms with Crippen molar-refractivity contribution in [1.29, 1.82) is 0 Å². The third kappa shape index (κ3) is 4.84. The molecule has 1 unspecified atom stereocenters. The molecule has 3 heterocycles. The van der Waals surface area contributed by atoms with E-state index in [-0.39, 0.29) is 17.7 Å². The fourth-order valence-electron chi connectivity index (χ4n) is 3.98. The van der Waals surface area contributed by atoms with Gasteiger partial charge in [0.15, 0.2) is 0 Å². The first-order chi connectivity index (χ1) is 12.7. The van der Waals surface area contributed by atoms with E-state index in [1.807, 2.05) is 21.7 Å². The predicted octanol–water partition coefficient (Wildman–Crippen LogP) is 1.83. The minimum atomic E-state index is 0.0751. The normalized spacial score (nSPS) is 22.3. The Balaban J connectivity index is 1.46. The number of carbonyl (C=O) groups is 2. The molecule has 1 aromatic rings. The molecular weight excluding hydrogens is 350 g/mol. The van der Waals surface area contributed by atoms with E-state index in [1.54, 1.807) is 18.4 Å². The Morgan fingerprint density at radius 2 is 2.08 bits per heavy atom. The standard InChI is InChI=1S/C19H29N3O3S/c1-25-11-7-20-18(23)15-3-2-8-22(13-15)17-4-9-21(10-5-17)19(24)16-6-12-26-14-16/h6,12,14-15,17H,2-5,7-11,13H2,1H3,(H,20,23). The van der Waals surface area contributed by atoms with Gasteiger partial charge in [-0.2, -0.15) is 11.3 Å². The van der Waals surface area contributed by atoms with Gasteiger partial charge >= 0.3 is 0 Å². The van der Waals surface area contributed by atoms with E-state index in [2.05, 4.69) is 10.2 Å². The highest BCUT2D eigenvalue weighted by Gasteiger charge is 2.32.